The third kappa shape index (κ3) is 3.67. The van der Waals surface area contributed by atoms with Crippen molar-refractivity contribution in [1.29, 1.82) is 0 Å². The second kappa shape index (κ2) is 6.69. The van der Waals surface area contributed by atoms with Gasteiger partial charge in [-0.25, -0.2) is 0 Å². The molecule has 1 aromatic rings. The Bertz CT molecular complexity index is 400. The minimum absolute atomic E-state index is 0.0232. The topological polar surface area (TPSA) is 43.1 Å². The predicted molar refractivity (Wildman–Crippen MR) is 76.8 cm³/mol. The van der Waals surface area contributed by atoms with Gasteiger partial charge in [0.1, 0.15) is 5.78 Å². The Morgan fingerprint density at radius 3 is 2.22 bits per heavy atom. The van der Waals surface area contributed by atoms with Gasteiger partial charge < -0.3 is 5.73 Å². The lowest BCUT2D eigenvalue weighted by atomic mass is 9.90. The first-order valence-corrected chi connectivity index (χ1v) is 6.79. The van der Waals surface area contributed by atoms with Crippen LogP contribution in [-0.4, -0.2) is 12.3 Å². The fourth-order valence-electron chi connectivity index (χ4n) is 2.57. The number of benzene rings is 1. The lowest BCUT2D eigenvalue weighted by Crippen LogP contribution is -2.25. The molecule has 1 aromatic carbocycles. The summed E-state index contributed by atoms with van der Waals surface area (Å²) >= 11 is 0. The smallest absolute Gasteiger partial charge is 0.141 e. The van der Waals surface area contributed by atoms with Gasteiger partial charge >= 0.3 is 0 Å². The summed E-state index contributed by atoms with van der Waals surface area (Å²) in [6.07, 6.45) is 2.44. The molecule has 2 heteroatoms. The van der Waals surface area contributed by atoms with Crippen molar-refractivity contribution in [2.75, 3.05) is 6.54 Å². The Hall–Kier alpha value is -1.15. The molecule has 1 atom stereocenters. The summed E-state index contributed by atoms with van der Waals surface area (Å²) in [6.45, 7) is 8.82. The molecule has 0 spiro atoms. The first kappa shape index (κ1) is 14.9. The first-order valence-electron chi connectivity index (χ1n) is 6.79. The second-order valence-electron chi connectivity index (χ2n) is 5.24. The van der Waals surface area contributed by atoms with Crippen LogP contribution in [0.3, 0.4) is 0 Å². The standard InChI is InChI=1S/C16H25NO/c1-5-6-14(10-17)16(18)9-15-12(3)7-11(2)8-13(15)4/h7-8,14H,5-6,9-10,17H2,1-4H3. The molecule has 0 saturated carbocycles. The molecular weight excluding hydrogens is 222 g/mol. The molecule has 0 aromatic heterocycles. The van der Waals surface area contributed by atoms with E-state index in [1.54, 1.807) is 0 Å². The van der Waals surface area contributed by atoms with Gasteiger partial charge in [0.25, 0.3) is 0 Å². The summed E-state index contributed by atoms with van der Waals surface area (Å²) in [4.78, 5) is 12.2. The monoisotopic (exact) mass is 247 g/mol. The maximum absolute atomic E-state index is 12.2. The molecule has 1 rings (SSSR count). The maximum Gasteiger partial charge on any atom is 0.141 e. The number of aryl methyl sites for hydroxylation is 3. The molecule has 0 saturated heterocycles. The molecule has 0 bridgehead atoms. The van der Waals surface area contributed by atoms with Gasteiger partial charge in [0.2, 0.25) is 0 Å². The first-order chi connectivity index (χ1) is 8.49. The van der Waals surface area contributed by atoms with Gasteiger partial charge in [-0.05, 0) is 43.9 Å². The van der Waals surface area contributed by atoms with Crippen molar-refractivity contribution >= 4 is 5.78 Å². The largest absolute Gasteiger partial charge is 0.330 e. The van der Waals surface area contributed by atoms with Crippen LogP contribution in [-0.2, 0) is 11.2 Å². The molecule has 0 aliphatic heterocycles. The Balaban J connectivity index is 2.87. The number of hydrogen-bond acceptors (Lipinski definition) is 2. The number of ketones is 1. The summed E-state index contributed by atoms with van der Waals surface area (Å²) in [5.74, 6) is 0.310. The normalized spacial score (nSPS) is 12.5. The zero-order valence-electron chi connectivity index (χ0n) is 12.0. The molecular formula is C16H25NO. The number of nitrogens with two attached hydrogens (primary N) is 1. The van der Waals surface area contributed by atoms with Crippen molar-refractivity contribution in [2.45, 2.75) is 47.0 Å². The average Bonchev–Trinajstić information content (AvgIpc) is 2.30. The van der Waals surface area contributed by atoms with Crippen LogP contribution < -0.4 is 5.73 Å². The van der Waals surface area contributed by atoms with Crippen LogP contribution in [0.1, 0.15) is 42.0 Å². The number of hydrogen-bond donors (Lipinski definition) is 1. The molecule has 0 aliphatic carbocycles. The summed E-state index contributed by atoms with van der Waals surface area (Å²) in [5, 5.41) is 0. The number of carbonyl (C=O) groups is 1. The van der Waals surface area contributed by atoms with Gasteiger partial charge in [0.05, 0.1) is 0 Å². The highest BCUT2D eigenvalue weighted by atomic mass is 16.1. The van der Waals surface area contributed by atoms with Crippen molar-refractivity contribution in [3.8, 4) is 0 Å². The minimum Gasteiger partial charge on any atom is -0.330 e. The Morgan fingerprint density at radius 1 is 1.22 bits per heavy atom. The molecule has 100 valence electrons. The Kier molecular flexibility index (Phi) is 5.54. The fourth-order valence-corrected chi connectivity index (χ4v) is 2.57. The summed E-state index contributed by atoms with van der Waals surface area (Å²) in [6, 6.07) is 4.29. The van der Waals surface area contributed by atoms with Gasteiger partial charge in [-0.3, -0.25) is 4.79 Å². The van der Waals surface area contributed by atoms with Crippen molar-refractivity contribution in [3.05, 3.63) is 34.4 Å². The molecule has 0 heterocycles. The van der Waals surface area contributed by atoms with Crippen LogP contribution in [0.15, 0.2) is 12.1 Å². The number of carbonyl (C=O) groups excluding carboxylic acids is 1. The number of Topliss-reactive ketones (excluding diaryl/α,β-unsaturated/α-hetero) is 1. The van der Waals surface area contributed by atoms with E-state index in [-0.39, 0.29) is 11.7 Å². The minimum atomic E-state index is 0.0232. The molecule has 1 unspecified atom stereocenters. The lowest BCUT2D eigenvalue weighted by molar-refractivity contribution is -0.122. The van der Waals surface area contributed by atoms with Gasteiger partial charge in [-0.1, -0.05) is 31.0 Å². The third-order valence-corrected chi connectivity index (χ3v) is 3.57. The van der Waals surface area contributed by atoms with E-state index in [1.807, 2.05) is 0 Å². The number of rotatable bonds is 6. The zero-order valence-corrected chi connectivity index (χ0v) is 12.0. The second-order valence-corrected chi connectivity index (χ2v) is 5.24. The molecule has 0 radical (unpaired) electrons. The molecule has 0 aliphatic rings. The van der Waals surface area contributed by atoms with Crippen molar-refractivity contribution < 1.29 is 4.79 Å². The van der Waals surface area contributed by atoms with Gasteiger partial charge in [0, 0.05) is 18.9 Å². The van der Waals surface area contributed by atoms with E-state index in [0.717, 1.165) is 12.8 Å². The quantitative estimate of drug-likeness (QED) is 0.839. The van der Waals surface area contributed by atoms with E-state index >= 15 is 0 Å². The van der Waals surface area contributed by atoms with Crippen molar-refractivity contribution in [3.63, 3.8) is 0 Å². The fraction of sp³-hybridized carbons (Fsp3) is 0.562. The highest BCUT2D eigenvalue weighted by Gasteiger charge is 2.17. The molecule has 2 N–H and O–H groups in total. The van der Waals surface area contributed by atoms with Crippen LogP contribution in [0.4, 0.5) is 0 Å². The maximum atomic E-state index is 12.2. The SMILES string of the molecule is CCCC(CN)C(=O)Cc1c(C)cc(C)cc1C. The molecule has 0 fully saturated rings. The Labute approximate surface area is 111 Å². The van der Waals surface area contributed by atoms with Crippen LogP contribution in [0.25, 0.3) is 0 Å². The molecule has 2 nitrogen and oxygen atoms in total. The van der Waals surface area contributed by atoms with Crippen LogP contribution in [0.2, 0.25) is 0 Å². The average molecular weight is 247 g/mol. The van der Waals surface area contributed by atoms with E-state index in [1.165, 1.54) is 22.3 Å². The van der Waals surface area contributed by atoms with Gasteiger partial charge in [-0.2, -0.15) is 0 Å². The van der Waals surface area contributed by atoms with E-state index < -0.39 is 0 Å². The summed E-state index contributed by atoms with van der Waals surface area (Å²) in [5.41, 5.74) is 10.6. The van der Waals surface area contributed by atoms with Gasteiger partial charge in [0.15, 0.2) is 0 Å². The lowest BCUT2D eigenvalue weighted by Gasteiger charge is -2.15. The van der Waals surface area contributed by atoms with Crippen molar-refractivity contribution in [2.24, 2.45) is 11.7 Å². The zero-order chi connectivity index (χ0) is 13.7. The van der Waals surface area contributed by atoms with Gasteiger partial charge in [-0.15, -0.1) is 0 Å². The highest BCUT2D eigenvalue weighted by Crippen LogP contribution is 2.19. The van der Waals surface area contributed by atoms with Crippen LogP contribution in [0, 0.1) is 26.7 Å². The summed E-state index contributed by atoms with van der Waals surface area (Å²) in [7, 11) is 0. The van der Waals surface area contributed by atoms with E-state index in [2.05, 4.69) is 39.8 Å². The van der Waals surface area contributed by atoms with Crippen molar-refractivity contribution in [1.82, 2.24) is 0 Å². The van der Waals surface area contributed by atoms with Crippen LogP contribution in [0.5, 0.6) is 0 Å². The molecule has 18 heavy (non-hydrogen) atoms. The van der Waals surface area contributed by atoms with E-state index in [4.69, 9.17) is 5.73 Å². The third-order valence-electron chi connectivity index (χ3n) is 3.57. The summed E-state index contributed by atoms with van der Waals surface area (Å²) < 4.78 is 0. The van der Waals surface area contributed by atoms with E-state index in [0.29, 0.717) is 13.0 Å². The molecule has 0 amide bonds. The highest BCUT2D eigenvalue weighted by molar-refractivity contribution is 5.84. The predicted octanol–water partition coefficient (Wildman–Crippen LogP) is 3.10. The van der Waals surface area contributed by atoms with Crippen LogP contribution >= 0.6 is 0 Å². The van der Waals surface area contributed by atoms with E-state index in [9.17, 15) is 4.79 Å². The Morgan fingerprint density at radius 2 is 1.78 bits per heavy atom.